The number of benzene rings is 1. The Balaban J connectivity index is 2.49. The minimum Gasteiger partial charge on any atom is -0.336 e. The molecular weight excluding hydrogens is 237 g/mol. The SMILES string of the molecule is CP1(=O)Cc2cc(Br)ccc2N1. The van der Waals surface area contributed by atoms with E-state index in [2.05, 4.69) is 21.0 Å². The first-order valence-corrected chi connectivity index (χ1v) is 6.83. The zero-order valence-electron chi connectivity index (χ0n) is 6.67. The lowest BCUT2D eigenvalue weighted by Gasteiger charge is -2.02. The molecule has 1 aliphatic rings. The van der Waals surface area contributed by atoms with Crippen LogP contribution >= 0.6 is 23.2 Å². The van der Waals surface area contributed by atoms with E-state index in [1.165, 1.54) is 0 Å². The Bertz CT molecular complexity index is 377. The Morgan fingerprint density at radius 3 is 3.08 bits per heavy atom. The van der Waals surface area contributed by atoms with Crippen molar-refractivity contribution in [2.75, 3.05) is 11.8 Å². The molecule has 2 nitrogen and oxygen atoms in total. The van der Waals surface area contributed by atoms with E-state index >= 15 is 0 Å². The number of fused-ring (bicyclic) bond motifs is 1. The van der Waals surface area contributed by atoms with Gasteiger partial charge in [0, 0.05) is 23.0 Å². The lowest BCUT2D eigenvalue weighted by Crippen LogP contribution is -1.85. The molecule has 1 aromatic rings. The van der Waals surface area contributed by atoms with Crippen LogP contribution in [0.3, 0.4) is 0 Å². The molecule has 0 aromatic heterocycles. The number of nitrogens with one attached hydrogen (secondary N) is 1. The number of halogens is 1. The number of hydrogen-bond acceptors (Lipinski definition) is 1. The molecule has 0 saturated carbocycles. The molecule has 0 aliphatic carbocycles. The van der Waals surface area contributed by atoms with Gasteiger partial charge in [0.2, 0.25) is 0 Å². The number of hydrogen-bond donors (Lipinski definition) is 1. The highest BCUT2D eigenvalue weighted by atomic mass is 79.9. The van der Waals surface area contributed by atoms with Crippen LogP contribution in [-0.2, 0) is 10.7 Å². The molecule has 2 rings (SSSR count). The quantitative estimate of drug-likeness (QED) is 0.711. The summed E-state index contributed by atoms with van der Waals surface area (Å²) in [4.78, 5) is 0. The van der Waals surface area contributed by atoms with Crippen LogP contribution in [0.15, 0.2) is 22.7 Å². The Morgan fingerprint density at radius 1 is 1.58 bits per heavy atom. The van der Waals surface area contributed by atoms with Crippen LogP contribution in [-0.4, -0.2) is 6.66 Å². The molecule has 12 heavy (non-hydrogen) atoms. The maximum Gasteiger partial charge on any atom is 0.171 e. The Morgan fingerprint density at radius 2 is 2.33 bits per heavy atom. The van der Waals surface area contributed by atoms with Crippen LogP contribution in [0.5, 0.6) is 0 Å². The van der Waals surface area contributed by atoms with E-state index < -0.39 is 7.29 Å². The van der Waals surface area contributed by atoms with Crippen LogP contribution in [0.25, 0.3) is 0 Å². The van der Waals surface area contributed by atoms with E-state index in [4.69, 9.17) is 0 Å². The lowest BCUT2D eigenvalue weighted by atomic mass is 10.2. The van der Waals surface area contributed by atoms with Crippen LogP contribution in [0.4, 0.5) is 5.69 Å². The molecule has 0 bridgehead atoms. The fourth-order valence-electron chi connectivity index (χ4n) is 1.42. The summed E-state index contributed by atoms with van der Waals surface area (Å²) in [5.41, 5.74) is 2.17. The molecule has 1 aromatic carbocycles. The summed E-state index contributed by atoms with van der Waals surface area (Å²) in [6.45, 7) is 1.78. The van der Waals surface area contributed by atoms with Gasteiger partial charge in [-0.1, -0.05) is 15.9 Å². The average molecular weight is 246 g/mol. The largest absolute Gasteiger partial charge is 0.336 e. The van der Waals surface area contributed by atoms with E-state index in [9.17, 15) is 4.57 Å². The molecule has 1 atom stereocenters. The first-order chi connectivity index (χ1) is 5.57. The standard InChI is InChI=1S/C8H9BrNOP/c1-12(11)5-6-4-7(9)2-3-8(6)10-12/h2-4H,5H2,1H3,(H,10,11). The van der Waals surface area contributed by atoms with Gasteiger partial charge in [0.15, 0.2) is 7.29 Å². The van der Waals surface area contributed by atoms with Crippen molar-refractivity contribution < 1.29 is 4.57 Å². The van der Waals surface area contributed by atoms with Gasteiger partial charge in [0.25, 0.3) is 0 Å². The first-order valence-electron chi connectivity index (χ1n) is 3.70. The van der Waals surface area contributed by atoms with Gasteiger partial charge < -0.3 is 9.65 Å². The molecule has 4 heteroatoms. The van der Waals surface area contributed by atoms with Gasteiger partial charge in [-0.25, -0.2) is 0 Å². The normalized spacial score (nSPS) is 26.5. The third kappa shape index (κ3) is 1.44. The predicted molar refractivity (Wildman–Crippen MR) is 55.0 cm³/mol. The van der Waals surface area contributed by atoms with E-state index in [0.717, 1.165) is 15.7 Å². The fourth-order valence-corrected chi connectivity index (χ4v) is 3.55. The Kier molecular flexibility index (Phi) is 1.81. The molecule has 1 aliphatic heterocycles. The highest BCUT2D eigenvalue weighted by Gasteiger charge is 2.25. The van der Waals surface area contributed by atoms with Crippen LogP contribution in [0.2, 0.25) is 0 Å². The lowest BCUT2D eigenvalue weighted by molar-refractivity contribution is 0.583. The van der Waals surface area contributed by atoms with Gasteiger partial charge in [-0.05, 0) is 23.8 Å². The topological polar surface area (TPSA) is 29.1 Å². The molecule has 0 fully saturated rings. The molecule has 1 heterocycles. The molecular formula is C8H9BrNOP. The molecule has 0 amide bonds. The summed E-state index contributed by atoms with van der Waals surface area (Å²) in [7, 11) is -2.12. The van der Waals surface area contributed by atoms with Crippen LogP contribution in [0, 0.1) is 0 Å². The second-order valence-corrected chi connectivity index (χ2v) is 6.83. The summed E-state index contributed by atoms with van der Waals surface area (Å²) in [6.07, 6.45) is 0.668. The number of anilines is 1. The summed E-state index contributed by atoms with van der Waals surface area (Å²) in [6, 6.07) is 5.94. The van der Waals surface area contributed by atoms with E-state index in [1.807, 2.05) is 18.2 Å². The second kappa shape index (κ2) is 2.61. The molecule has 0 spiro atoms. The second-order valence-electron chi connectivity index (χ2n) is 3.17. The zero-order chi connectivity index (χ0) is 8.77. The van der Waals surface area contributed by atoms with Gasteiger partial charge in [0.05, 0.1) is 0 Å². The number of rotatable bonds is 0. The van der Waals surface area contributed by atoms with Crippen LogP contribution < -0.4 is 5.09 Å². The molecule has 0 saturated heterocycles. The van der Waals surface area contributed by atoms with Crippen molar-refractivity contribution in [3.05, 3.63) is 28.2 Å². The first kappa shape index (κ1) is 8.33. The maximum absolute atomic E-state index is 11.7. The third-order valence-electron chi connectivity index (χ3n) is 1.90. The van der Waals surface area contributed by atoms with E-state index in [0.29, 0.717) is 6.16 Å². The van der Waals surface area contributed by atoms with Gasteiger partial charge in [-0.15, -0.1) is 0 Å². The van der Waals surface area contributed by atoms with Crippen molar-refractivity contribution in [1.29, 1.82) is 0 Å². The predicted octanol–water partition coefficient (Wildman–Crippen LogP) is 3.28. The zero-order valence-corrected chi connectivity index (χ0v) is 9.15. The van der Waals surface area contributed by atoms with Gasteiger partial charge in [-0.3, -0.25) is 0 Å². The smallest absolute Gasteiger partial charge is 0.171 e. The Hall–Kier alpha value is -0.270. The molecule has 1 N–H and O–H groups in total. The van der Waals surface area contributed by atoms with Crippen molar-refractivity contribution in [1.82, 2.24) is 0 Å². The molecule has 1 unspecified atom stereocenters. The summed E-state index contributed by atoms with van der Waals surface area (Å²) < 4.78 is 12.7. The molecule has 64 valence electrons. The van der Waals surface area contributed by atoms with Crippen molar-refractivity contribution in [2.24, 2.45) is 0 Å². The highest BCUT2D eigenvalue weighted by molar-refractivity contribution is 9.10. The average Bonchev–Trinajstić information content (AvgIpc) is 2.21. The summed E-state index contributed by atoms with van der Waals surface area (Å²) in [5.74, 6) is 0. The van der Waals surface area contributed by atoms with Gasteiger partial charge in [-0.2, -0.15) is 0 Å². The summed E-state index contributed by atoms with van der Waals surface area (Å²) in [5, 5.41) is 3.04. The molecule has 0 radical (unpaired) electrons. The minimum absolute atomic E-state index is 0.668. The highest BCUT2D eigenvalue weighted by Crippen LogP contribution is 2.52. The summed E-state index contributed by atoms with van der Waals surface area (Å²) >= 11 is 3.38. The Labute approximate surface area is 79.9 Å². The fraction of sp³-hybridized carbons (Fsp3) is 0.250. The third-order valence-corrected chi connectivity index (χ3v) is 4.05. The van der Waals surface area contributed by atoms with Gasteiger partial charge >= 0.3 is 0 Å². The van der Waals surface area contributed by atoms with Crippen LogP contribution in [0.1, 0.15) is 5.56 Å². The van der Waals surface area contributed by atoms with Gasteiger partial charge in [0.1, 0.15) is 0 Å². The van der Waals surface area contributed by atoms with Crippen molar-refractivity contribution in [2.45, 2.75) is 6.16 Å². The monoisotopic (exact) mass is 245 g/mol. The van der Waals surface area contributed by atoms with E-state index in [-0.39, 0.29) is 0 Å². The van der Waals surface area contributed by atoms with E-state index in [1.54, 1.807) is 6.66 Å². The van der Waals surface area contributed by atoms with Crippen molar-refractivity contribution in [3.63, 3.8) is 0 Å². The van der Waals surface area contributed by atoms with Crippen molar-refractivity contribution >= 4 is 28.9 Å². The minimum atomic E-state index is -2.12. The van der Waals surface area contributed by atoms with Crippen molar-refractivity contribution in [3.8, 4) is 0 Å². The maximum atomic E-state index is 11.7.